The average molecular weight is 761 g/mol. The number of aromatic amines is 1. The van der Waals surface area contributed by atoms with Crippen LogP contribution in [0.5, 0.6) is 0 Å². The van der Waals surface area contributed by atoms with E-state index in [0.29, 0.717) is 5.82 Å². The van der Waals surface area contributed by atoms with Crippen LogP contribution < -0.4 is 11.5 Å². The van der Waals surface area contributed by atoms with E-state index in [1.165, 1.54) is 26.4 Å². The molecule has 290 valence electrons. The zero-order valence-electron chi connectivity index (χ0n) is 30.4. The van der Waals surface area contributed by atoms with Crippen molar-refractivity contribution in [2.45, 2.75) is 79.7 Å². The Bertz CT molecular complexity index is 1680. The van der Waals surface area contributed by atoms with Crippen molar-refractivity contribution < 1.29 is 53.7 Å². The first-order valence-electron chi connectivity index (χ1n) is 17.1. The second-order valence-electron chi connectivity index (χ2n) is 12.8. The molecule has 2 aromatic carbocycles. The molecule has 0 saturated carbocycles. The lowest BCUT2D eigenvalue weighted by atomic mass is 9.94. The highest BCUT2D eigenvalue weighted by molar-refractivity contribution is 7.84. The molecule has 2 aromatic heterocycles. The van der Waals surface area contributed by atoms with Gasteiger partial charge in [-0.15, -0.1) is 0 Å². The molecule has 4 aromatic rings. The Morgan fingerprint density at radius 1 is 0.849 bits per heavy atom. The third-order valence-corrected chi connectivity index (χ3v) is 10.3. The first-order valence-corrected chi connectivity index (χ1v) is 18.6. The number of aromatic nitrogens is 3. The van der Waals surface area contributed by atoms with Gasteiger partial charge in [-0.1, -0.05) is 12.1 Å². The van der Waals surface area contributed by atoms with Crippen LogP contribution in [0.1, 0.15) is 13.8 Å². The molecule has 11 unspecified atom stereocenters. The summed E-state index contributed by atoms with van der Waals surface area (Å²) in [6.07, 6.45) is 1.23. The maximum Gasteiger partial charge on any atom is 0.139 e. The van der Waals surface area contributed by atoms with Crippen molar-refractivity contribution in [3.63, 3.8) is 0 Å². The highest BCUT2D eigenvalue weighted by Crippen LogP contribution is 2.33. The predicted molar refractivity (Wildman–Crippen MR) is 196 cm³/mol. The number of ether oxygens (including phenoxy) is 4. The zero-order valence-corrected chi connectivity index (χ0v) is 31.2. The molecule has 2 saturated heterocycles. The fourth-order valence-electron chi connectivity index (χ4n) is 6.09. The normalized spacial score (nSPS) is 28.9. The lowest BCUT2D eigenvalue weighted by Gasteiger charge is -2.41. The van der Waals surface area contributed by atoms with Gasteiger partial charge in [0, 0.05) is 65.3 Å². The van der Waals surface area contributed by atoms with E-state index in [2.05, 4.69) is 15.7 Å². The van der Waals surface area contributed by atoms with Crippen molar-refractivity contribution in [2.75, 3.05) is 33.7 Å². The largest absolute Gasteiger partial charge is 0.394 e. The van der Waals surface area contributed by atoms with E-state index in [1.54, 1.807) is 37.7 Å². The zero-order chi connectivity index (χ0) is 38.8. The SMILES string of the molecule is COC1C(CO)OC(C)C(N)C1O.COC1C(CO)OC(C)C([NH3+])C1O.CS(=O)c1ccc(-c2nc(-c3ccc(F)cc3)c(-c3ccncc3)[nH]2)cc1. The predicted octanol–water partition coefficient (Wildman–Crippen LogP) is 0.904. The van der Waals surface area contributed by atoms with Crippen molar-refractivity contribution >= 4 is 10.8 Å². The molecule has 16 heteroatoms. The van der Waals surface area contributed by atoms with Gasteiger partial charge in [-0.25, -0.2) is 9.37 Å². The van der Waals surface area contributed by atoms with Gasteiger partial charge in [-0.2, -0.15) is 0 Å². The molecule has 14 nitrogen and oxygen atoms in total. The lowest BCUT2D eigenvalue weighted by molar-refractivity contribution is -0.476. The molecule has 53 heavy (non-hydrogen) atoms. The van der Waals surface area contributed by atoms with E-state index in [1.807, 2.05) is 43.3 Å². The molecule has 2 aliphatic heterocycles. The Morgan fingerprint density at radius 2 is 1.38 bits per heavy atom. The number of pyridine rings is 1. The highest BCUT2D eigenvalue weighted by Gasteiger charge is 2.44. The minimum absolute atomic E-state index is 0.146. The number of rotatable bonds is 8. The quantitative estimate of drug-likeness (QED) is 0.133. The molecule has 0 aliphatic carbocycles. The first kappa shape index (κ1) is 42.2. The number of halogens is 1. The van der Waals surface area contributed by atoms with Crippen LogP contribution in [0, 0.1) is 5.82 Å². The summed E-state index contributed by atoms with van der Waals surface area (Å²) in [5.41, 5.74) is 13.7. The lowest BCUT2D eigenvalue weighted by Crippen LogP contribution is -2.77. The van der Waals surface area contributed by atoms with Gasteiger partial charge < -0.3 is 55.8 Å². The van der Waals surface area contributed by atoms with Crippen LogP contribution >= 0.6 is 0 Å². The second kappa shape index (κ2) is 19.7. The molecule has 6 rings (SSSR count). The number of nitrogens with zero attached hydrogens (tertiary/aromatic N) is 2. The molecule has 0 amide bonds. The molecule has 2 fully saturated rings. The fraction of sp³-hybridized carbons (Fsp3) is 0.459. The van der Waals surface area contributed by atoms with E-state index in [4.69, 9.17) is 39.9 Å². The van der Waals surface area contributed by atoms with Crippen molar-refractivity contribution in [1.29, 1.82) is 0 Å². The number of nitrogens with one attached hydrogen (secondary N) is 1. The van der Waals surface area contributed by atoms with Crippen LogP contribution in [0.15, 0.2) is 78.0 Å². The number of aliphatic hydroxyl groups excluding tert-OH is 4. The summed E-state index contributed by atoms with van der Waals surface area (Å²) in [7, 11) is 1.92. The number of hydrogen-bond donors (Lipinski definition) is 7. The van der Waals surface area contributed by atoms with Gasteiger partial charge in [-0.05, 0) is 62.4 Å². The van der Waals surface area contributed by atoms with Crippen molar-refractivity contribution in [1.82, 2.24) is 15.0 Å². The van der Waals surface area contributed by atoms with Crippen LogP contribution in [0.3, 0.4) is 0 Å². The molecule has 0 spiro atoms. The van der Waals surface area contributed by atoms with Gasteiger partial charge in [-0.3, -0.25) is 9.19 Å². The molecule has 0 bridgehead atoms. The van der Waals surface area contributed by atoms with E-state index in [9.17, 15) is 18.8 Å². The molecule has 11 atom stereocenters. The molecule has 2 aliphatic rings. The molecule has 4 heterocycles. The maximum atomic E-state index is 13.3. The molecular formula is C37H51FN5O9S+. The Hall–Kier alpha value is -3.52. The minimum atomic E-state index is -1.03. The number of imidazole rings is 1. The Morgan fingerprint density at radius 3 is 1.91 bits per heavy atom. The summed E-state index contributed by atoms with van der Waals surface area (Å²) in [5.74, 6) is 0.401. The first-order chi connectivity index (χ1) is 25.3. The summed E-state index contributed by atoms with van der Waals surface area (Å²) < 4.78 is 45.8. The highest BCUT2D eigenvalue weighted by atomic mass is 32.2. The summed E-state index contributed by atoms with van der Waals surface area (Å²) in [6, 6.07) is 16.8. The number of nitrogens with two attached hydrogens (primary N) is 1. The summed E-state index contributed by atoms with van der Waals surface area (Å²) in [6.45, 7) is 3.27. The van der Waals surface area contributed by atoms with Crippen molar-refractivity contribution in [3.8, 4) is 33.9 Å². The van der Waals surface area contributed by atoms with E-state index >= 15 is 0 Å². The van der Waals surface area contributed by atoms with E-state index in [-0.39, 0.29) is 37.3 Å². The third-order valence-electron chi connectivity index (χ3n) is 9.32. The van der Waals surface area contributed by atoms with E-state index in [0.717, 1.165) is 33.0 Å². The van der Waals surface area contributed by atoms with Gasteiger partial charge in [0.25, 0.3) is 0 Å². The van der Waals surface area contributed by atoms with Crippen LogP contribution in [-0.4, -0.2) is 134 Å². The van der Waals surface area contributed by atoms with Gasteiger partial charge in [0.15, 0.2) is 0 Å². The van der Waals surface area contributed by atoms with Gasteiger partial charge in [0.2, 0.25) is 0 Å². The Kier molecular flexibility index (Phi) is 15.7. The number of aliphatic hydroxyl groups is 4. The molecular weight excluding hydrogens is 709 g/mol. The fourth-order valence-corrected chi connectivity index (χ4v) is 6.61. The van der Waals surface area contributed by atoms with Gasteiger partial charge >= 0.3 is 0 Å². The Balaban J connectivity index is 0.000000202. The van der Waals surface area contributed by atoms with Crippen LogP contribution in [-0.2, 0) is 29.7 Å². The number of H-pyrrole nitrogens is 1. The smallest absolute Gasteiger partial charge is 0.139 e. The topological polar surface area (TPSA) is 230 Å². The van der Waals surface area contributed by atoms with Crippen molar-refractivity contribution in [2.24, 2.45) is 5.73 Å². The Labute approximate surface area is 310 Å². The van der Waals surface area contributed by atoms with Crippen LogP contribution in [0.2, 0.25) is 0 Å². The van der Waals surface area contributed by atoms with Crippen LogP contribution in [0.4, 0.5) is 4.39 Å². The number of hydrogen-bond acceptors (Lipinski definition) is 12. The monoisotopic (exact) mass is 760 g/mol. The summed E-state index contributed by atoms with van der Waals surface area (Å²) in [4.78, 5) is 13.0. The van der Waals surface area contributed by atoms with E-state index < -0.39 is 53.5 Å². The van der Waals surface area contributed by atoms with Crippen molar-refractivity contribution in [3.05, 3.63) is 78.9 Å². The minimum Gasteiger partial charge on any atom is -0.394 e. The van der Waals surface area contributed by atoms with Gasteiger partial charge in [0.05, 0.1) is 36.7 Å². The average Bonchev–Trinajstić information content (AvgIpc) is 3.62. The molecule has 0 radical (unpaired) electrons. The second-order valence-corrected chi connectivity index (χ2v) is 14.2. The number of benzene rings is 2. The molecule has 10 N–H and O–H groups in total. The summed E-state index contributed by atoms with van der Waals surface area (Å²) >= 11 is 0. The number of quaternary nitrogens is 1. The maximum absolute atomic E-state index is 13.3. The summed E-state index contributed by atoms with van der Waals surface area (Å²) in [5, 5.41) is 37.3. The third kappa shape index (κ3) is 10.4. The van der Waals surface area contributed by atoms with Gasteiger partial charge in [0.1, 0.15) is 60.4 Å². The standard InChI is InChI=1S/C21H16FN3OS.2C8H17NO4/c1-27(26)18-8-4-16(5-9-18)21-24-19(14-2-6-17(22)7-3-14)20(25-21)15-10-12-23-13-11-15;2*1-4-6(9)7(11)8(12-2)5(3-10)13-4/h2-13H,1H3,(H,24,25);2*4-8,10-11H,3,9H2,1-2H3/p+1. The van der Waals surface area contributed by atoms with Crippen LogP contribution in [0.25, 0.3) is 33.9 Å². The number of methoxy groups -OCH3 is 2.